The Labute approximate surface area is 202 Å². The molecule has 0 heterocycles. The van der Waals surface area contributed by atoms with Crippen LogP contribution in [0, 0.1) is 0 Å². The molecule has 1 atom stereocenters. The highest BCUT2D eigenvalue weighted by molar-refractivity contribution is 14.0. The first-order chi connectivity index (χ1) is 14.5. The molecule has 31 heavy (non-hydrogen) atoms. The first-order valence-corrected chi connectivity index (χ1v) is 10.1. The number of hydrogen-bond acceptors (Lipinski definition) is 5. The third-order valence-corrected chi connectivity index (χ3v) is 4.56. The summed E-state index contributed by atoms with van der Waals surface area (Å²) in [6, 6.07) is 13.4. The van der Waals surface area contributed by atoms with Crippen molar-refractivity contribution in [2.24, 2.45) is 4.99 Å². The van der Waals surface area contributed by atoms with Crippen LogP contribution in [0.1, 0.15) is 31.1 Å². The second kappa shape index (κ2) is 14.0. The number of ether oxygens (including phenoxy) is 3. The standard InChI is InChI=1S/C23H33N3O4.HI/c1-6-24-23(26(3)16-17-8-10-18(11-9-17)30-7-2)25-15-21(27)20-14-19(28-4)12-13-22(20)29-5;/h8-14,21,27H,6-7,15-16H2,1-5H3,(H,24,25);1H. The summed E-state index contributed by atoms with van der Waals surface area (Å²) in [6.07, 6.45) is -0.817. The van der Waals surface area contributed by atoms with Crippen LogP contribution in [0.5, 0.6) is 17.2 Å². The second-order valence-corrected chi connectivity index (χ2v) is 6.75. The van der Waals surface area contributed by atoms with Crippen LogP contribution in [0.4, 0.5) is 0 Å². The molecule has 7 nitrogen and oxygen atoms in total. The predicted molar refractivity (Wildman–Crippen MR) is 135 cm³/mol. The summed E-state index contributed by atoms with van der Waals surface area (Å²) in [5, 5.41) is 14.0. The zero-order valence-electron chi connectivity index (χ0n) is 18.9. The van der Waals surface area contributed by atoms with Gasteiger partial charge in [0.05, 0.1) is 27.4 Å². The highest BCUT2D eigenvalue weighted by Crippen LogP contribution is 2.29. The Bertz CT molecular complexity index is 815. The van der Waals surface area contributed by atoms with E-state index >= 15 is 0 Å². The first-order valence-electron chi connectivity index (χ1n) is 10.1. The van der Waals surface area contributed by atoms with Gasteiger partial charge in [-0.05, 0) is 49.7 Å². The van der Waals surface area contributed by atoms with Gasteiger partial charge in [-0.2, -0.15) is 0 Å². The fraction of sp³-hybridized carbons (Fsp3) is 0.435. The van der Waals surface area contributed by atoms with Gasteiger partial charge in [0.1, 0.15) is 23.4 Å². The van der Waals surface area contributed by atoms with Crippen molar-refractivity contribution in [3.63, 3.8) is 0 Å². The van der Waals surface area contributed by atoms with Crippen molar-refractivity contribution in [2.45, 2.75) is 26.5 Å². The van der Waals surface area contributed by atoms with Crippen molar-refractivity contribution in [2.75, 3.05) is 41.0 Å². The molecule has 0 aliphatic carbocycles. The molecule has 2 N–H and O–H groups in total. The molecule has 0 spiro atoms. The van der Waals surface area contributed by atoms with Crippen LogP contribution in [0.25, 0.3) is 0 Å². The Balaban J connectivity index is 0.00000480. The summed E-state index contributed by atoms with van der Waals surface area (Å²) in [6.45, 7) is 6.23. The predicted octanol–water partition coefficient (Wildman–Crippen LogP) is 3.85. The highest BCUT2D eigenvalue weighted by atomic mass is 127. The molecule has 2 aromatic carbocycles. The van der Waals surface area contributed by atoms with Gasteiger partial charge in [-0.25, -0.2) is 0 Å². The van der Waals surface area contributed by atoms with E-state index in [2.05, 4.69) is 10.3 Å². The first kappa shape index (κ1) is 26.8. The summed E-state index contributed by atoms with van der Waals surface area (Å²) in [5.74, 6) is 2.84. The third-order valence-electron chi connectivity index (χ3n) is 4.56. The van der Waals surface area contributed by atoms with Crippen LogP contribution in [-0.4, -0.2) is 56.9 Å². The lowest BCUT2D eigenvalue weighted by Crippen LogP contribution is -2.38. The van der Waals surface area contributed by atoms with E-state index in [9.17, 15) is 5.11 Å². The van der Waals surface area contributed by atoms with Gasteiger partial charge >= 0.3 is 0 Å². The van der Waals surface area contributed by atoms with E-state index < -0.39 is 6.10 Å². The number of rotatable bonds is 10. The Morgan fingerprint density at radius 2 is 1.74 bits per heavy atom. The van der Waals surface area contributed by atoms with Crippen molar-refractivity contribution in [3.8, 4) is 17.2 Å². The number of aliphatic hydroxyl groups excluding tert-OH is 1. The van der Waals surface area contributed by atoms with Crippen LogP contribution < -0.4 is 19.5 Å². The van der Waals surface area contributed by atoms with Crippen molar-refractivity contribution < 1.29 is 19.3 Å². The van der Waals surface area contributed by atoms with Crippen LogP contribution in [0.15, 0.2) is 47.5 Å². The molecule has 1 unspecified atom stereocenters. The average molecular weight is 543 g/mol. The minimum absolute atomic E-state index is 0. The summed E-state index contributed by atoms with van der Waals surface area (Å²) in [5.41, 5.74) is 1.78. The minimum atomic E-state index is -0.817. The van der Waals surface area contributed by atoms with Gasteiger partial charge in [0, 0.05) is 25.7 Å². The van der Waals surface area contributed by atoms with Crippen molar-refractivity contribution in [1.82, 2.24) is 10.2 Å². The number of halogens is 1. The number of nitrogens with one attached hydrogen (secondary N) is 1. The van der Waals surface area contributed by atoms with E-state index in [0.717, 1.165) is 17.9 Å². The quantitative estimate of drug-likeness (QED) is 0.270. The Morgan fingerprint density at radius 1 is 1.06 bits per heavy atom. The Kier molecular flexibility index (Phi) is 12.1. The number of aliphatic imine (C=N–C) groups is 1. The van der Waals surface area contributed by atoms with Crippen molar-refractivity contribution in [1.29, 1.82) is 0 Å². The lowest BCUT2D eigenvalue weighted by molar-refractivity contribution is 0.181. The minimum Gasteiger partial charge on any atom is -0.497 e. The topological polar surface area (TPSA) is 75.6 Å². The lowest BCUT2D eigenvalue weighted by atomic mass is 10.1. The molecular formula is C23H34IN3O4. The van der Waals surface area contributed by atoms with Crippen LogP contribution in [0.2, 0.25) is 0 Å². The van der Waals surface area contributed by atoms with Gasteiger partial charge in [0.2, 0.25) is 0 Å². The molecule has 0 aromatic heterocycles. The van der Waals surface area contributed by atoms with Crippen LogP contribution in [-0.2, 0) is 6.54 Å². The maximum absolute atomic E-state index is 10.7. The van der Waals surface area contributed by atoms with E-state index in [1.165, 1.54) is 0 Å². The molecule has 2 rings (SSSR count). The van der Waals surface area contributed by atoms with E-state index in [1.807, 2.05) is 50.1 Å². The van der Waals surface area contributed by atoms with Crippen LogP contribution in [0.3, 0.4) is 0 Å². The smallest absolute Gasteiger partial charge is 0.194 e. The van der Waals surface area contributed by atoms with E-state index in [4.69, 9.17) is 14.2 Å². The highest BCUT2D eigenvalue weighted by Gasteiger charge is 2.15. The molecule has 0 bridgehead atoms. The summed E-state index contributed by atoms with van der Waals surface area (Å²) in [7, 11) is 5.14. The summed E-state index contributed by atoms with van der Waals surface area (Å²) < 4.78 is 16.1. The van der Waals surface area contributed by atoms with E-state index in [1.54, 1.807) is 32.4 Å². The summed E-state index contributed by atoms with van der Waals surface area (Å²) >= 11 is 0. The van der Waals surface area contributed by atoms with Crippen molar-refractivity contribution >= 4 is 29.9 Å². The zero-order valence-corrected chi connectivity index (χ0v) is 21.3. The molecule has 172 valence electrons. The SMILES string of the molecule is CCNC(=NCC(O)c1cc(OC)ccc1OC)N(C)Cc1ccc(OCC)cc1.I. The monoisotopic (exact) mass is 543 g/mol. The van der Waals surface area contributed by atoms with Gasteiger partial charge < -0.3 is 29.5 Å². The molecule has 0 saturated heterocycles. The van der Waals surface area contributed by atoms with Crippen LogP contribution >= 0.6 is 24.0 Å². The molecule has 2 aromatic rings. The molecule has 0 radical (unpaired) electrons. The van der Waals surface area contributed by atoms with E-state index in [-0.39, 0.29) is 30.5 Å². The Hall–Kier alpha value is -2.20. The molecule has 8 heteroatoms. The van der Waals surface area contributed by atoms with Gasteiger partial charge in [-0.15, -0.1) is 24.0 Å². The van der Waals surface area contributed by atoms with Crippen molar-refractivity contribution in [3.05, 3.63) is 53.6 Å². The lowest BCUT2D eigenvalue weighted by Gasteiger charge is -2.23. The van der Waals surface area contributed by atoms with Gasteiger partial charge in [0.25, 0.3) is 0 Å². The summed E-state index contributed by atoms with van der Waals surface area (Å²) in [4.78, 5) is 6.65. The van der Waals surface area contributed by atoms with Gasteiger partial charge in [-0.3, -0.25) is 4.99 Å². The number of nitrogens with zero attached hydrogens (tertiary/aromatic N) is 2. The van der Waals surface area contributed by atoms with E-state index in [0.29, 0.717) is 36.2 Å². The number of benzene rings is 2. The fourth-order valence-corrected chi connectivity index (χ4v) is 3.05. The maximum atomic E-state index is 10.7. The maximum Gasteiger partial charge on any atom is 0.194 e. The molecule has 0 amide bonds. The zero-order chi connectivity index (χ0) is 21.9. The second-order valence-electron chi connectivity index (χ2n) is 6.75. The Morgan fingerprint density at radius 3 is 2.32 bits per heavy atom. The van der Waals surface area contributed by atoms with Gasteiger partial charge in [-0.1, -0.05) is 12.1 Å². The third kappa shape index (κ3) is 8.10. The average Bonchev–Trinajstić information content (AvgIpc) is 2.77. The van der Waals surface area contributed by atoms with Gasteiger partial charge in [0.15, 0.2) is 5.96 Å². The molecule has 0 aliphatic heterocycles. The molecule has 0 aliphatic rings. The fourth-order valence-electron chi connectivity index (χ4n) is 3.05. The number of aliphatic hydroxyl groups is 1. The largest absolute Gasteiger partial charge is 0.497 e. The number of hydrogen-bond donors (Lipinski definition) is 2. The normalized spacial score (nSPS) is 11.9. The molecule has 0 fully saturated rings. The molecule has 0 saturated carbocycles. The number of guanidine groups is 1. The number of methoxy groups -OCH3 is 2. The molecular weight excluding hydrogens is 509 g/mol.